The highest BCUT2D eigenvalue weighted by Gasteiger charge is 2.16. The van der Waals surface area contributed by atoms with Crippen molar-refractivity contribution in [1.82, 2.24) is 4.90 Å². The minimum Gasteiger partial charge on any atom is -0.493 e. The number of amides is 1. The molecule has 0 atom stereocenters. The number of methoxy groups -OCH3 is 1. The molecule has 1 amide bonds. The minimum atomic E-state index is -0.149. The zero-order chi connectivity index (χ0) is 15.3. The third kappa shape index (κ3) is 4.02. The lowest BCUT2D eigenvalue weighted by Crippen LogP contribution is -2.36. The second-order valence-electron chi connectivity index (χ2n) is 4.65. The number of carbonyl (C=O) groups excluding carboxylic acids is 1. The van der Waals surface area contributed by atoms with Crippen LogP contribution in [0.2, 0.25) is 5.02 Å². The molecule has 6 heteroatoms. The van der Waals surface area contributed by atoms with Crippen LogP contribution in [0.1, 0.15) is 19.4 Å². The zero-order valence-corrected chi connectivity index (χ0v) is 12.9. The van der Waals surface area contributed by atoms with E-state index in [2.05, 4.69) is 0 Å². The van der Waals surface area contributed by atoms with Crippen LogP contribution in [0.15, 0.2) is 12.1 Å². The number of aliphatic hydroxyl groups excluding tert-OH is 1. The van der Waals surface area contributed by atoms with Crippen molar-refractivity contribution in [1.29, 1.82) is 0 Å². The Labute approximate surface area is 124 Å². The molecule has 1 N–H and O–H groups in total. The smallest absolute Gasteiger partial charge is 0.260 e. The van der Waals surface area contributed by atoms with Crippen molar-refractivity contribution in [3.63, 3.8) is 0 Å². The van der Waals surface area contributed by atoms with E-state index in [-0.39, 0.29) is 25.2 Å². The Balaban J connectivity index is 2.85. The first-order valence-electron chi connectivity index (χ1n) is 6.26. The Hall–Kier alpha value is -1.46. The lowest BCUT2D eigenvalue weighted by Gasteiger charge is -2.22. The zero-order valence-electron chi connectivity index (χ0n) is 12.1. The van der Waals surface area contributed by atoms with Gasteiger partial charge in [-0.15, -0.1) is 0 Å². The van der Waals surface area contributed by atoms with Crippen molar-refractivity contribution < 1.29 is 19.4 Å². The molecule has 0 radical (unpaired) electrons. The van der Waals surface area contributed by atoms with E-state index in [0.717, 1.165) is 0 Å². The van der Waals surface area contributed by atoms with Crippen molar-refractivity contribution in [3.05, 3.63) is 22.7 Å². The molecule has 0 aliphatic heterocycles. The number of carbonyl (C=O) groups is 1. The molecule has 0 fully saturated rings. The molecular formula is C14H20ClNO4. The normalized spacial score (nSPS) is 10.6. The van der Waals surface area contributed by atoms with Crippen molar-refractivity contribution in [3.8, 4) is 11.5 Å². The van der Waals surface area contributed by atoms with E-state index in [4.69, 9.17) is 26.2 Å². The lowest BCUT2D eigenvalue weighted by molar-refractivity contribution is -0.133. The monoisotopic (exact) mass is 301 g/mol. The quantitative estimate of drug-likeness (QED) is 0.874. The second kappa shape index (κ2) is 7.36. The fraction of sp³-hybridized carbons (Fsp3) is 0.500. The van der Waals surface area contributed by atoms with Gasteiger partial charge in [0.15, 0.2) is 18.1 Å². The Kier molecular flexibility index (Phi) is 6.10. The van der Waals surface area contributed by atoms with E-state index >= 15 is 0 Å². The number of aliphatic hydroxyl groups is 1. The van der Waals surface area contributed by atoms with Crippen molar-refractivity contribution >= 4 is 17.5 Å². The van der Waals surface area contributed by atoms with E-state index in [1.54, 1.807) is 24.1 Å². The van der Waals surface area contributed by atoms with E-state index in [9.17, 15) is 4.79 Å². The highest BCUT2D eigenvalue weighted by atomic mass is 35.5. The van der Waals surface area contributed by atoms with Crippen LogP contribution in [-0.4, -0.2) is 42.7 Å². The first kappa shape index (κ1) is 16.6. The van der Waals surface area contributed by atoms with Gasteiger partial charge in [0.1, 0.15) is 0 Å². The molecule has 0 aliphatic carbocycles. The molecule has 0 aliphatic rings. The molecule has 5 nitrogen and oxygen atoms in total. The van der Waals surface area contributed by atoms with E-state index in [1.165, 1.54) is 7.11 Å². The van der Waals surface area contributed by atoms with Crippen LogP contribution in [0.25, 0.3) is 0 Å². The molecule has 1 aromatic rings. The van der Waals surface area contributed by atoms with E-state index in [0.29, 0.717) is 22.1 Å². The number of hydrogen-bond donors (Lipinski definition) is 1. The van der Waals surface area contributed by atoms with Gasteiger partial charge in [-0.1, -0.05) is 11.6 Å². The van der Waals surface area contributed by atoms with Gasteiger partial charge in [0.25, 0.3) is 5.91 Å². The summed E-state index contributed by atoms with van der Waals surface area (Å²) in [6.07, 6.45) is 0. The van der Waals surface area contributed by atoms with Gasteiger partial charge in [0, 0.05) is 13.1 Å². The van der Waals surface area contributed by atoms with Crippen molar-refractivity contribution in [2.75, 3.05) is 20.8 Å². The number of hydrogen-bond acceptors (Lipinski definition) is 4. The third-order valence-corrected chi connectivity index (χ3v) is 3.26. The van der Waals surface area contributed by atoms with Gasteiger partial charge in [-0.05, 0) is 31.5 Å². The predicted octanol–water partition coefficient (Wildman–Crippen LogP) is 2.09. The summed E-state index contributed by atoms with van der Waals surface area (Å²) in [4.78, 5) is 13.5. The number of benzene rings is 1. The molecule has 20 heavy (non-hydrogen) atoms. The second-order valence-corrected chi connectivity index (χ2v) is 5.06. The lowest BCUT2D eigenvalue weighted by atomic mass is 10.2. The van der Waals surface area contributed by atoms with Crippen LogP contribution in [0.3, 0.4) is 0 Å². The van der Waals surface area contributed by atoms with E-state index in [1.807, 2.05) is 13.8 Å². The van der Waals surface area contributed by atoms with Crippen molar-refractivity contribution in [2.24, 2.45) is 0 Å². The Morgan fingerprint density at radius 2 is 2.10 bits per heavy atom. The standard InChI is InChI=1S/C14H20ClNO4/c1-9(2)16(3)13(18)8-20-14-11(15)5-10(7-17)6-12(14)19-4/h5-6,9,17H,7-8H2,1-4H3. The van der Waals surface area contributed by atoms with Crippen LogP contribution in [-0.2, 0) is 11.4 Å². The molecular weight excluding hydrogens is 282 g/mol. The van der Waals surface area contributed by atoms with Gasteiger partial charge < -0.3 is 19.5 Å². The number of likely N-dealkylation sites (N-methyl/N-ethyl adjacent to an activating group) is 1. The van der Waals surface area contributed by atoms with Crippen molar-refractivity contribution in [2.45, 2.75) is 26.5 Å². The highest BCUT2D eigenvalue weighted by Crippen LogP contribution is 2.36. The molecule has 0 unspecified atom stereocenters. The predicted molar refractivity (Wildman–Crippen MR) is 77.3 cm³/mol. The number of nitrogens with zero attached hydrogens (tertiary/aromatic N) is 1. The molecule has 0 spiro atoms. The summed E-state index contributed by atoms with van der Waals surface area (Å²) in [7, 11) is 3.19. The molecule has 0 saturated carbocycles. The van der Waals surface area contributed by atoms with Crippen LogP contribution < -0.4 is 9.47 Å². The van der Waals surface area contributed by atoms with Crippen LogP contribution in [0.4, 0.5) is 0 Å². The summed E-state index contributed by atoms with van der Waals surface area (Å²) in [6.45, 7) is 3.57. The molecule has 0 saturated heterocycles. The molecule has 0 bridgehead atoms. The fourth-order valence-corrected chi connectivity index (χ4v) is 1.82. The largest absolute Gasteiger partial charge is 0.493 e. The fourth-order valence-electron chi connectivity index (χ4n) is 1.53. The molecule has 0 aromatic heterocycles. The summed E-state index contributed by atoms with van der Waals surface area (Å²) >= 11 is 6.08. The SMILES string of the molecule is COc1cc(CO)cc(Cl)c1OCC(=O)N(C)C(C)C. The van der Waals surface area contributed by atoms with E-state index < -0.39 is 0 Å². The van der Waals surface area contributed by atoms with Crippen LogP contribution in [0, 0.1) is 0 Å². The summed E-state index contributed by atoms with van der Waals surface area (Å²) < 4.78 is 10.6. The summed E-state index contributed by atoms with van der Waals surface area (Å²) in [5.41, 5.74) is 0.616. The van der Waals surface area contributed by atoms with Gasteiger partial charge in [-0.2, -0.15) is 0 Å². The highest BCUT2D eigenvalue weighted by molar-refractivity contribution is 6.32. The van der Waals surface area contributed by atoms with Crippen LogP contribution >= 0.6 is 11.6 Å². The summed E-state index contributed by atoms with van der Waals surface area (Å²) in [5.74, 6) is 0.544. The maximum absolute atomic E-state index is 11.9. The molecule has 1 aromatic carbocycles. The van der Waals surface area contributed by atoms with Gasteiger partial charge >= 0.3 is 0 Å². The van der Waals surface area contributed by atoms with Gasteiger partial charge in [-0.3, -0.25) is 4.79 Å². The Morgan fingerprint density at radius 1 is 1.45 bits per heavy atom. The topological polar surface area (TPSA) is 59.0 Å². The first-order chi connectivity index (χ1) is 9.40. The average Bonchev–Trinajstić information content (AvgIpc) is 2.43. The Bertz CT molecular complexity index is 476. The van der Waals surface area contributed by atoms with Gasteiger partial charge in [0.2, 0.25) is 0 Å². The molecule has 1 rings (SSSR count). The number of halogens is 1. The van der Waals surface area contributed by atoms with Gasteiger partial charge in [-0.25, -0.2) is 0 Å². The minimum absolute atomic E-state index is 0.0974. The van der Waals surface area contributed by atoms with Gasteiger partial charge in [0.05, 0.1) is 18.7 Å². The Morgan fingerprint density at radius 3 is 2.60 bits per heavy atom. The maximum Gasteiger partial charge on any atom is 0.260 e. The third-order valence-electron chi connectivity index (χ3n) is 2.98. The number of rotatable bonds is 6. The first-order valence-corrected chi connectivity index (χ1v) is 6.64. The summed E-state index contributed by atoms with van der Waals surface area (Å²) in [5, 5.41) is 9.41. The number of ether oxygens (including phenoxy) is 2. The molecule has 0 heterocycles. The molecule has 112 valence electrons. The van der Waals surface area contributed by atoms with Crippen LogP contribution in [0.5, 0.6) is 11.5 Å². The summed E-state index contributed by atoms with van der Waals surface area (Å²) in [6, 6.07) is 3.30. The maximum atomic E-state index is 11.9. The average molecular weight is 302 g/mol.